The fourth-order valence-corrected chi connectivity index (χ4v) is 2.34. The Kier molecular flexibility index (Phi) is 4.82. The van der Waals surface area contributed by atoms with Crippen LogP contribution in [0.2, 0.25) is 0 Å². The molecule has 1 aromatic rings. The number of allylic oxidation sites excluding steroid dienone is 1. The van der Waals surface area contributed by atoms with E-state index in [-0.39, 0.29) is 0 Å². The molecule has 0 saturated heterocycles. The van der Waals surface area contributed by atoms with Crippen LogP contribution < -0.4 is 4.46 Å². The molecule has 1 aromatic carbocycles. The number of rotatable bonds is 4. The first kappa shape index (κ1) is 9.57. The van der Waals surface area contributed by atoms with Crippen molar-refractivity contribution in [3.8, 4) is 0 Å². The molecule has 12 heavy (non-hydrogen) atoms. The first-order valence-corrected chi connectivity index (χ1v) is 6.14. The van der Waals surface area contributed by atoms with Crippen molar-refractivity contribution in [1.82, 2.24) is 0 Å². The monoisotopic (exact) mass is 226 g/mol. The third-order valence-electron chi connectivity index (χ3n) is 1.50. The third-order valence-corrected chi connectivity index (χ3v) is 3.33. The Morgan fingerprint density at radius 2 is 2.00 bits per heavy atom. The van der Waals surface area contributed by atoms with E-state index in [4.69, 9.17) is 0 Å². The summed E-state index contributed by atoms with van der Waals surface area (Å²) in [6, 6.07) is 10.7. The van der Waals surface area contributed by atoms with Gasteiger partial charge < -0.3 is 0 Å². The molecule has 0 aliphatic carbocycles. The summed E-state index contributed by atoms with van der Waals surface area (Å²) < 4.78 is 1.46. The average Bonchev–Trinajstić information content (AvgIpc) is 2.14. The van der Waals surface area contributed by atoms with Gasteiger partial charge in [0.2, 0.25) is 0 Å². The molecule has 0 radical (unpaired) electrons. The zero-order chi connectivity index (χ0) is 8.65. The van der Waals surface area contributed by atoms with E-state index in [0.29, 0.717) is 15.0 Å². The van der Waals surface area contributed by atoms with E-state index in [0.717, 1.165) is 0 Å². The standard InChI is InChI=1S/C11H14Se/c1-2-3-7-10-12-11-8-5-4-6-9-11/h4-10H,2-3H2,1H3/b10-7+. The molecule has 0 saturated carbocycles. The van der Waals surface area contributed by atoms with Gasteiger partial charge in [-0.3, -0.25) is 0 Å². The second kappa shape index (κ2) is 6.05. The third kappa shape index (κ3) is 3.75. The van der Waals surface area contributed by atoms with E-state index in [1.807, 2.05) is 0 Å². The predicted molar refractivity (Wildman–Crippen MR) is 55.9 cm³/mol. The molecule has 0 nitrogen and oxygen atoms in total. The Morgan fingerprint density at radius 3 is 2.67 bits per heavy atom. The van der Waals surface area contributed by atoms with Crippen LogP contribution in [0.3, 0.4) is 0 Å². The van der Waals surface area contributed by atoms with E-state index in [2.05, 4.69) is 48.3 Å². The molecule has 0 spiro atoms. The molecule has 0 heterocycles. The van der Waals surface area contributed by atoms with Gasteiger partial charge in [-0.15, -0.1) is 0 Å². The van der Waals surface area contributed by atoms with Gasteiger partial charge in [0.05, 0.1) is 0 Å². The van der Waals surface area contributed by atoms with E-state index in [1.165, 1.54) is 17.3 Å². The van der Waals surface area contributed by atoms with Crippen LogP contribution in [-0.2, 0) is 0 Å². The summed E-state index contributed by atoms with van der Waals surface area (Å²) in [5.74, 6) is 0. The van der Waals surface area contributed by atoms with Gasteiger partial charge in [0.1, 0.15) is 0 Å². The second-order valence-electron chi connectivity index (χ2n) is 2.59. The van der Waals surface area contributed by atoms with Crippen LogP contribution in [0.5, 0.6) is 0 Å². The van der Waals surface area contributed by atoms with E-state index >= 15 is 0 Å². The minimum atomic E-state index is 0.538. The van der Waals surface area contributed by atoms with Crippen molar-refractivity contribution in [2.45, 2.75) is 19.8 Å². The number of hydrogen-bond donors (Lipinski definition) is 0. The fourth-order valence-electron chi connectivity index (χ4n) is 0.860. The van der Waals surface area contributed by atoms with Crippen molar-refractivity contribution in [3.05, 3.63) is 41.4 Å². The Hall–Kier alpha value is -0.521. The average molecular weight is 225 g/mol. The van der Waals surface area contributed by atoms with Crippen LogP contribution in [-0.4, -0.2) is 15.0 Å². The number of benzene rings is 1. The van der Waals surface area contributed by atoms with Crippen molar-refractivity contribution in [1.29, 1.82) is 0 Å². The van der Waals surface area contributed by atoms with Gasteiger partial charge >= 0.3 is 80.6 Å². The Bertz CT molecular complexity index is 226. The van der Waals surface area contributed by atoms with Gasteiger partial charge in [0.25, 0.3) is 0 Å². The Labute approximate surface area is 80.8 Å². The van der Waals surface area contributed by atoms with Crippen LogP contribution >= 0.6 is 0 Å². The molecular formula is C11H14Se. The SMILES string of the molecule is CCC/C=C/[Se]c1ccccc1. The quantitative estimate of drug-likeness (QED) is 0.690. The van der Waals surface area contributed by atoms with Crippen molar-refractivity contribution in [2.24, 2.45) is 0 Å². The summed E-state index contributed by atoms with van der Waals surface area (Å²) in [5.41, 5.74) is 0. The Morgan fingerprint density at radius 1 is 1.25 bits per heavy atom. The summed E-state index contributed by atoms with van der Waals surface area (Å²) in [7, 11) is 0. The van der Waals surface area contributed by atoms with Crippen molar-refractivity contribution in [3.63, 3.8) is 0 Å². The summed E-state index contributed by atoms with van der Waals surface area (Å²) in [6.45, 7) is 2.21. The van der Waals surface area contributed by atoms with E-state index in [1.54, 1.807) is 0 Å². The molecule has 64 valence electrons. The van der Waals surface area contributed by atoms with Crippen LogP contribution in [0.15, 0.2) is 41.4 Å². The summed E-state index contributed by atoms with van der Waals surface area (Å²) in [4.78, 5) is 2.31. The molecule has 0 aliphatic heterocycles. The van der Waals surface area contributed by atoms with Crippen molar-refractivity contribution < 1.29 is 0 Å². The van der Waals surface area contributed by atoms with Gasteiger partial charge in [-0.2, -0.15) is 0 Å². The Balaban J connectivity index is 2.33. The minimum absolute atomic E-state index is 0.538. The first-order valence-electron chi connectivity index (χ1n) is 4.30. The number of unbranched alkanes of at least 4 members (excludes halogenated alkanes) is 1. The molecule has 0 N–H and O–H groups in total. The molecule has 0 unspecified atom stereocenters. The molecule has 1 heteroatoms. The van der Waals surface area contributed by atoms with Gasteiger partial charge in [-0.1, -0.05) is 0 Å². The number of hydrogen-bond acceptors (Lipinski definition) is 0. The van der Waals surface area contributed by atoms with Gasteiger partial charge in [-0.25, -0.2) is 0 Å². The molecule has 1 rings (SSSR count). The summed E-state index contributed by atoms with van der Waals surface area (Å²) in [6.07, 6.45) is 4.75. The molecule has 0 amide bonds. The molecule has 0 fully saturated rings. The van der Waals surface area contributed by atoms with Crippen molar-refractivity contribution >= 4 is 19.4 Å². The predicted octanol–water partition coefficient (Wildman–Crippen LogP) is 2.33. The molecular weight excluding hydrogens is 211 g/mol. The van der Waals surface area contributed by atoms with Crippen LogP contribution in [0.4, 0.5) is 0 Å². The van der Waals surface area contributed by atoms with E-state index < -0.39 is 0 Å². The normalized spacial score (nSPS) is 10.8. The van der Waals surface area contributed by atoms with Crippen molar-refractivity contribution in [2.75, 3.05) is 0 Å². The molecule has 0 atom stereocenters. The summed E-state index contributed by atoms with van der Waals surface area (Å²) in [5, 5.41) is 0. The maximum atomic E-state index is 2.31. The molecule has 0 aliphatic rings. The van der Waals surface area contributed by atoms with Crippen LogP contribution in [0.1, 0.15) is 19.8 Å². The molecule has 0 aromatic heterocycles. The van der Waals surface area contributed by atoms with E-state index in [9.17, 15) is 0 Å². The summed E-state index contributed by atoms with van der Waals surface area (Å²) >= 11 is 0.538. The van der Waals surface area contributed by atoms with Gasteiger partial charge in [-0.05, 0) is 0 Å². The van der Waals surface area contributed by atoms with Gasteiger partial charge in [0.15, 0.2) is 0 Å². The van der Waals surface area contributed by atoms with Gasteiger partial charge in [0, 0.05) is 0 Å². The first-order chi connectivity index (χ1) is 5.93. The fraction of sp³-hybridized carbons (Fsp3) is 0.273. The maximum absolute atomic E-state index is 2.31. The topological polar surface area (TPSA) is 0 Å². The molecule has 0 bridgehead atoms. The zero-order valence-electron chi connectivity index (χ0n) is 7.36. The van der Waals surface area contributed by atoms with Crippen LogP contribution in [0.25, 0.3) is 0 Å². The van der Waals surface area contributed by atoms with Crippen LogP contribution in [0, 0.1) is 0 Å². The second-order valence-corrected chi connectivity index (χ2v) is 4.65. The zero-order valence-corrected chi connectivity index (χ0v) is 9.08.